The molecule has 2 atom stereocenters. The van der Waals surface area contributed by atoms with E-state index >= 15 is 0 Å². The van der Waals surface area contributed by atoms with Crippen molar-refractivity contribution in [1.82, 2.24) is 40.5 Å². The number of aromatic nitrogens is 6. The quantitative estimate of drug-likeness (QED) is 0.0268. The Balaban J connectivity index is 0.913. The van der Waals surface area contributed by atoms with Crippen molar-refractivity contribution < 1.29 is 28.5 Å². The summed E-state index contributed by atoms with van der Waals surface area (Å²) in [4.78, 5) is 56.4. The SMILES string of the molecule is C/N=C/c1cncc(COc2cc(OCc3cccc(-c4cccc(COc5cc(OCc6cncc(C7=NC7)c6)c(CN[C@@H](Cc6cnc[nH]6)C(N)=O)cc5Cl)c4C)c3C)c(Cl)cc2CN[C@@H](Cc2cnc[nH]2)C(N)=O)c1. The van der Waals surface area contributed by atoms with E-state index in [1.165, 1.54) is 0 Å². The summed E-state index contributed by atoms with van der Waals surface area (Å²) in [7, 11) is 1.70. The molecule has 0 saturated heterocycles. The van der Waals surface area contributed by atoms with Gasteiger partial charge in [0, 0.05) is 133 Å². The Morgan fingerprint density at radius 2 is 1.12 bits per heavy atom. The number of hydrogen-bond acceptors (Lipinski definition) is 14. The number of aliphatic imine (C=N–C) groups is 2. The standard InChI is InChI=1S/C58H58Cl2N12O6/c1-34-39(30-77-55-16-53(75-28-37-10-36(18-63-3)19-64-20-37)42(12-48(55)59)23-68-50(57(61)73)14-44-25-66-32-71-44)6-4-8-46(34)47-9-5-7-40(35(47)2)31-78-56-17-54(76-29-38-11-41(22-65-21-38)52-27-70-52)43(13-49(56)60)24-69-51(58(62)74)15-45-26-67-33-72-45/h4-13,16-22,25-26,32-33,50-51,68-69H,14-15,23-24,27-31H2,1-3H3,(H2,61,73)(H2,62,74)(H,66,71)(H,67,72)/b63-18+/t50-,51-/m0/s1. The number of hydrogen-bond donors (Lipinski definition) is 6. The second-order valence-corrected chi connectivity index (χ2v) is 19.5. The van der Waals surface area contributed by atoms with Crippen LogP contribution in [0.3, 0.4) is 0 Å². The Morgan fingerprint density at radius 3 is 1.58 bits per heavy atom. The van der Waals surface area contributed by atoms with Crippen molar-refractivity contribution in [1.29, 1.82) is 0 Å². The molecule has 0 radical (unpaired) electrons. The van der Waals surface area contributed by atoms with Gasteiger partial charge in [-0.15, -0.1) is 0 Å². The third-order valence-corrected chi connectivity index (χ3v) is 13.8. The monoisotopic (exact) mass is 1090 g/mol. The minimum absolute atomic E-state index is 0.191. The molecule has 20 heteroatoms. The number of halogens is 2. The molecular weight excluding hydrogens is 1030 g/mol. The molecule has 0 saturated carbocycles. The zero-order chi connectivity index (χ0) is 54.5. The van der Waals surface area contributed by atoms with Gasteiger partial charge in [0.25, 0.3) is 0 Å². The molecule has 0 fully saturated rings. The molecule has 9 rings (SSSR count). The number of pyridine rings is 2. The van der Waals surface area contributed by atoms with E-state index in [2.05, 4.69) is 76.5 Å². The Bertz CT molecular complexity index is 3460. The first-order valence-corrected chi connectivity index (χ1v) is 25.8. The van der Waals surface area contributed by atoms with Crippen LogP contribution in [0, 0.1) is 13.8 Å². The van der Waals surface area contributed by atoms with E-state index in [0.29, 0.717) is 63.6 Å². The van der Waals surface area contributed by atoms with Gasteiger partial charge in [0.1, 0.15) is 49.4 Å². The summed E-state index contributed by atoms with van der Waals surface area (Å²) in [5.74, 6) is 0.819. The van der Waals surface area contributed by atoms with Crippen molar-refractivity contribution in [3.8, 4) is 34.1 Å². The number of carbonyl (C=O) groups is 2. The summed E-state index contributed by atoms with van der Waals surface area (Å²) in [5.41, 5.74) is 25.0. The summed E-state index contributed by atoms with van der Waals surface area (Å²) in [6.45, 7) is 6.09. The van der Waals surface area contributed by atoms with Gasteiger partial charge >= 0.3 is 0 Å². The highest BCUT2D eigenvalue weighted by molar-refractivity contribution is 6.32. The molecule has 78 heavy (non-hydrogen) atoms. The Kier molecular flexibility index (Phi) is 17.9. The molecule has 0 aliphatic carbocycles. The van der Waals surface area contributed by atoms with E-state index in [0.717, 1.165) is 72.7 Å². The number of primary amides is 2. The summed E-state index contributed by atoms with van der Waals surface area (Å²) in [6.07, 6.45) is 15.8. The molecular formula is C58H58Cl2N12O6. The zero-order valence-corrected chi connectivity index (χ0v) is 44.7. The fraction of sp³-hybridized carbons (Fsp3) is 0.241. The Morgan fingerprint density at radius 1 is 0.628 bits per heavy atom. The number of nitrogens with zero attached hydrogens (tertiary/aromatic N) is 6. The van der Waals surface area contributed by atoms with Crippen molar-refractivity contribution in [3.05, 3.63) is 200 Å². The van der Waals surface area contributed by atoms with Crippen LogP contribution in [0.5, 0.6) is 23.0 Å². The summed E-state index contributed by atoms with van der Waals surface area (Å²) >= 11 is 13.9. The first-order valence-electron chi connectivity index (χ1n) is 25.1. The molecule has 2 amide bonds. The highest BCUT2D eigenvalue weighted by Gasteiger charge is 2.22. The molecule has 4 aromatic heterocycles. The minimum Gasteiger partial charge on any atom is -0.488 e. The van der Waals surface area contributed by atoms with E-state index < -0.39 is 23.9 Å². The second-order valence-electron chi connectivity index (χ2n) is 18.7. The van der Waals surface area contributed by atoms with Gasteiger partial charge in [0.15, 0.2) is 0 Å². The average molecular weight is 1090 g/mol. The molecule has 1 aliphatic heterocycles. The maximum atomic E-state index is 12.5. The van der Waals surface area contributed by atoms with Crippen LogP contribution in [0.25, 0.3) is 11.1 Å². The van der Waals surface area contributed by atoms with Gasteiger partial charge in [0.2, 0.25) is 11.8 Å². The third kappa shape index (κ3) is 14.1. The third-order valence-electron chi connectivity index (χ3n) is 13.2. The number of nitrogens with one attached hydrogen (secondary N) is 4. The number of nitrogens with two attached hydrogens (primary N) is 2. The molecule has 0 spiro atoms. The lowest BCUT2D eigenvalue weighted by molar-refractivity contribution is -0.120. The molecule has 1 aliphatic rings. The first kappa shape index (κ1) is 54.4. The molecule has 18 nitrogen and oxygen atoms in total. The lowest BCUT2D eigenvalue weighted by Gasteiger charge is -2.20. The van der Waals surface area contributed by atoms with Crippen molar-refractivity contribution in [2.45, 2.75) is 78.3 Å². The number of benzene rings is 4. The van der Waals surface area contributed by atoms with Gasteiger partial charge in [-0.3, -0.25) is 29.5 Å². The van der Waals surface area contributed by atoms with Crippen molar-refractivity contribution in [2.24, 2.45) is 21.5 Å². The predicted molar refractivity (Wildman–Crippen MR) is 299 cm³/mol. The lowest BCUT2D eigenvalue weighted by Crippen LogP contribution is -2.42. The van der Waals surface area contributed by atoms with E-state index in [1.54, 1.807) is 87.4 Å². The summed E-state index contributed by atoms with van der Waals surface area (Å²) < 4.78 is 25.9. The smallest absolute Gasteiger partial charge is 0.234 e. The lowest BCUT2D eigenvalue weighted by atomic mass is 9.92. The second kappa shape index (κ2) is 25.6. The molecule has 5 heterocycles. The van der Waals surface area contributed by atoms with Crippen molar-refractivity contribution >= 4 is 46.9 Å². The normalized spacial score (nSPS) is 12.8. The van der Waals surface area contributed by atoms with Crippen LogP contribution >= 0.6 is 23.2 Å². The molecule has 0 bridgehead atoms. The van der Waals surface area contributed by atoms with Crippen molar-refractivity contribution in [2.75, 3.05) is 13.6 Å². The average Bonchev–Trinajstić information content (AvgIpc) is 3.93. The van der Waals surface area contributed by atoms with Crippen molar-refractivity contribution in [3.63, 3.8) is 0 Å². The van der Waals surface area contributed by atoms with E-state index in [1.807, 2.05) is 36.4 Å². The fourth-order valence-electron chi connectivity index (χ4n) is 8.81. The number of rotatable bonds is 27. The number of aromatic amines is 2. The Labute approximate surface area is 461 Å². The summed E-state index contributed by atoms with van der Waals surface area (Å²) in [5, 5.41) is 7.26. The van der Waals surface area contributed by atoms with E-state index in [-0.39, 0.29) is 39.5 Å². The molecule has 400 valence electrons. The summed E-state index contributed by atoms with van der Waals surface area (Å²) in [6, 6.07) is 21.9. The maximum Gasteiger partial charge on any atom is 0.234 e. The highest BCUT2D eigenvalue weighted by Crippen LogP contribution is 2.38. The van der Waals surface area contributed by atoms with Crippen LogP contribution in [-0.4, -0.2) is 79.3 Å². The minimum atomic E-state index is -0.696. The van der Waals surface area contributed by atoms with Gasteiger partial charge in [-0.05, 0) is 71.5 Å². The van der Waals surface area contributed by atoms with Crippen LogP contribution in [0.1, 0.15) is 67.0 Å². The van der Waals surface area contributed by atoms with E-state index in [4.69, 9.17) is 53.6 Å². The largest absolute Gasteiger partial charge is 0.488 e. The van der Waals surface area contributed by atoms with Crippen LogP contribution in [0.15, 0.2) is 133 Å². The molecule has 0 unspecified atom stereocenters. The predicted octanol–water partition coefficient (Wildman–Crippen LogP) is 8.05. The molecule has 8 aromatic rings. The van der Waals surface area contributed by atoms with Gasteiger partial charge in [-0.2, -0.15) is 0 Å². The number of carbonyl (C=O) groups excluding carboxylic acids is 2. The van der Waals surface area contributed by atoms with Gasteiger partial charge in [0.05, 0.1) is 47.0 Å². The van der Waals surface area contributed by atoms with Crippen LogP contribution in [-0.2, 0) is 61.9 Å². The van der Waals surface area contributed by atoms with Gasteiger partial charge in [-0.1, -0.05) is 59.6 Å². The highest BCUT2D eigenvalue weighted by atomic mass is 35.5. The van der Waals surface area contributed by atoms with Gasteiger partial charge < -0.3 is 51.0 Å². The maximum absolute atomic E-state index is 12.5. The molecule has 8 N–H and O–H groups in total. The number of H-pyrrole nitrogens is 2. The number of imidazole rings is 2. The zero-order valence-electron chi connectivity index (χ0n) is 43.2. The van der Waals surface area contributed by atoms with E-state index in [9.17, 15) is 9.59 Å². The first-order chi connectivity index (χ1) is 37.9. The van der Waals surface area contributed by atoms with Crippen LogP contribution in [0.2, 0.25) is 10.0 Å². The Hall–Kier alpha value is -8.42. The van der Waals surface area contributed by atoms with Crippen LogP contribution < -0.4 is 41.0 Å². The topological polar surface area (TPSA) is 255 Å². The number of amides is 2. The fourth-order valence-corrected chi connectivity index (χ4v) is 9.29. The number of ether oxygens (including phenoxy) is 4. The molecule has 4 aromatic carbocycles. The van der Waals surface area contributed by atoms with Gasteiger partial charge in [-0.25, -0.2) is 9.97 Å². The van der Waals surface area contributed by atoms with Crippen LogP contribution in [0.4, 0.5) is 0 Å².